The zero-order chi connectivity index (χ0) is 16.0. The fourth-order valence-electron chi connectivity index (χ4n) is 3.45. The number of aliphatic hydroxyl groups is 3. The molecule has 0 spiro atoms. The molecule has 1 unspecified atom stereocenters. The van der Waals surface area contributed by atoms with Gasteiger partial charge in [-0.05, 0) is 52.0 Å². The van der Waals surface area contributed by atoms with E-state index in [-0.39, 0.29) is 5.92 Å². The van der Waals surface area contributed by atoms with Gasteiger partial charge in [0.05, 0.1) is 11.7 Å². The molecule has 4 rings (SSSR count). The van der Waals surface area contributed by atoms with Crippen LogP contribution in [0.25, 0.3) is 11.6 Å². The van der Waals surface area contributed by atoms with Crippen molar-refractivity contribution in [3.63, 3.8) is 0 Å². The Morgan fingerprint density at radius 2 is 1.96 bits per heavy atom. The molecule has 3 heteroatoms. The summed E-state index contributed by atoms with van der Waals surface area (Å²) in [7, 11) is 0. The Labute approximate surface area is 134 Å². The Morgan fingerprint density at radius 3 is 2.70 bits per heavy atom. The molecule has 0 aliphatic heterocycles. The van der Waals surface area contributed by atoms with Crippen molar-refractivity contribution < 1.29 is 15.3 Å². The van der Waals surface area contributed by atoms with Gasteiger partial charge in [-0.25, -0.2) is 0 Å². The van der Waals surface area contributed by atoms with Gasteiger partial charge in [0.15, 0.2) is 6.29 Å². The van der Waals surface area contributed by atoms with Gasteiger partial charge in [-0.2, -0.15) is 0 Å². The first-order valence-corrected chi connectivity index (χ1v) is 7.80. The molecule has 3 aliphatic rings. The first kappa shape index (κ1) is 14.2. The normalized spacial score (nSPS) is 22.1. The highest BCUT2D eigenvalue weighted by Gasteiger charge is 2.23. The van der Waals surface area contributed by atoms with E-state index in [1.807, 2.05) is 30.4 Å². The highest BCUT2D eigenvalue weighted by atomic mass is 16.5. The van der Waals surface area contributed by atoms with Crippen molar-refractivity contribution in [1.82, 2.24) is 0 Å². The van der Waals surface area contributed by atoms with Crippen LogP contribution >= 0.6 is 0 Å². The van der Waals surface area contributed by atoms with Crippen LogP contribution in [-0.2, 0) is 0 Å². The highest BCUT2D eigenvalue weighted by molar-refractivity contribution is 5.78. The molecule has 1 atom stereocenters. The number of hydrogen-bond donors (Lipinski definition) is 3. The number of fused-ring (bicyclic) bond motifs is 1. The van der Waals surface area contributed by atoms with Crippen molar-refractivity contribution in [3.8, 4) is 0 Å². The van der Waals surface area contributed by atoms with Crippen LogP contribution in [0, 0.1) is 0 Å². The average molecular weight is 306 g/mol. The standard InChI is InChI=1S/C20H18O3/c21-17-6-3-15(11-17)13-2-1-12(9-13)14-4-7-18-16(10-14)5-8-19(18)20(22)23/h2-10,19-23H,1,11H2. The van der Waals surface area contributed by atoms with E-state index >= 15 is 0 Å². The minimum atomic E-state index is -1.35. The number of aliphatic hydroxyl groups excluding tert-OH is 2. The lowest BCUT2D eigenvalue weighted by atomic mass is 9.95. The summed E-state index contributed by atoms with van der Waals surface area (Å²) >= 11 is 0. The first-order chi connectivity index (χ1) is 11.1. The molecule has 0 fully saturated rings. The van der Waals surface area contributed by atoms with Gasteiger partial charge in [-0.1, -0.05) is 42.5 Å². The summed E-state index contributed by atoms with van der Waals surface area (Å²) in [4.78, 5) is 0. The predicted octanol–water partition coefficient (Wildman–Crippen LogP) is 3.59. The fraction of sp³-hybridized carbons (Fsp3) is 0.200. The Bertz CT molecular complexity index is 819. The molecule has 0 aromatic heterocycles. The summed E-state index contributed by atoms with van der Waals surface area (Å²) < 4.78 is 0. The summed E-state index contributed by atoms with van der Waals surface area (Å²) in [6, 6.07) is 6.13. The van der Waals surface area contributed by atoms with Crippen LogP contribution in [-0.4, -0.2) is 21.6 Å². The van der Waals surface area contributed by atoms with Gasteiger partial charge in [0, 0.05) is 6.42 Å². The summed E-state index contributed by atoms with van der Waals surface area (Å²) in [5, 5.41) is 28.4. The van der Waals surface area contributed by atoms with Crippen LogP contribution in [0.5, 0.6) is 0 Å². The second-order valence-corrected chi connectivity index (χ2v) is 6.20. The van der Waals surface area contributed by atoms with Crippen LogP contribution in [0.2, 0.25) is 0 Å². The first-order valence-electron chi connectivity index (χ1n) is 7.80. The summed E-state index contributed by atoms with van der Waals surface area (Å²) in [5.41, 5.74) is 6.75. The molecule has 0 saturated carbocycles. The van der Waals surface area contributed by atoms with E-state index in [1.165, 1.54) is 11.1 Å². The lowest BCUT2D eigenvalue weighted by Gasteiger charge is -2.14. The Hall–Kier alpha value is -2.36. The number of rotatable bonds is 3. The second kappa shape index (κ2) is 5.37. The number of hydrogen-bond acceptors (Lipinski definition) is 3. The fourth-order valence-corrected chi connectivity index (χ4v) is 3.45. The smallest absolute Gasteiger partial charge is 0.161 e. The highest BCUT2D eigenvalue weighted by Crippen LogP contribution is 2.37. The number of allylic oxidation sites excluding steroid dienone is 7. The van der Waals surface area contributed by atoms with Gasteiger partial charge in [-0.15, -0.1) is 0 Å². The third-order valence-corrected chi connectivity index (χ3v) is 4.71. The van der Waals surface area contributed by atoms with Crippen LogP contribution in [0.4, 0.5) is 0 Å². The summed E-state index contributed by atoms with van der Waals surface area (Å²) in [6.07, 6.45) is 12.0. The Morgan fingerprint density at radius 1 is 1.09 bits per heavy atom. The molecule has 0 radical (unpaired) electrons. The van der Waals surface area contributed by atoms with E-state index in [4.69, 9.17) is 0 Å². The van der Waals surface area contributed by atoms with E-state index in [9.17, 15) is 15.3 Å². The Kier molecular flexibility index (Phi) is 3.33. The topological polar surface area (TPSA) is 60.7 Å². The molecule has 0 heterocycles. The largest absolute Gasteiger partial charge is 0.512 e. The van der Waals surface area contributed by atoms with Gasteiger partial charge in [0.2, 0.25) is 0 Å². The van der Waals surface area contributed by atoms with Crippen molar-refractivity contribution in [3.05, 3.63) is 82.2 Å². The molecule has 1 aromatic rings. The zero-order valence-electron chi connectivity index (χ0n) is 12.6. The summed E-state index contributed by atoms with van der Waals surface area (Å²) in [6.45, 7) is 0. The molecular formula is C20H18O3. The van der Waals surface area contributed by atoms with Crippen LogP contribution < -0.4 is 0 Å². The third-order valence-electron chi connectivity index (χ3n) is 4.71. The molecule has 0 saturated heterocycles. The van der Waals surface area contributed by atoms with E-state index in [0.29, 0.717) is 12.2 Å². The molecule has 0 bridgehead atoms. The van der Waals surface area contributed by atoms with Crippen molar-refractivity contribution >= 4 is 11.6 Å². The minimum absolute atomic E-state index is 0.331. The van der Waals surface area contributed by atoms with Gasteiger partial charge in [0.25, 0.3) is 0 Å². The van der Waals surface area contributed by atoms with Gasteiger partial charge >= 0.3 is 0 Å². The summed E-state index contributed by atoms with van der Waals surface area (Å²) in [5.74, 6) is 0.0852. The number of benzene rings is 1. The van der Waals surface area contributed by atoms with Crippen molar-refractivity contribution in [1.29, 1.82) is 0 Å². The molecule has 3 nitrogen and oxygen atoms in total. The minimum Gasteiger partial charge on any atom is -0.512 e. The van der Waals surface area contributed by atoms with Crippen LogP contribution in [0.1, 0.15) is 35.4 Å². The maximum absolute atomic E-state index is 9.53. The van der Waals surface area contributed by atoms with Crippen molar-refractivity contribution in [2.75, 3.05) is 0 Å². The van der Waals surface area contributed by atoms with E-state index in [2.05, 4.69) is 18.2 Å². The van der Waals surface area contributed by atoms with Gasteiger partial charge in [-0.3, -0.25) is 0 Å². The lowest BCUT2D eigenvalue weighted by molar-refractivity contribution is -0.0490. The molecule has 0 amide bonds. The maximum atomic E-state index is 9.53. The second-order valence-electron chi connectivity index (χ2n) is 6.20. The van der Waals surface area contributed by atoms with Crippen LogP contribution in [0.3, 0.4) is 0 Å². The molecule has 116 valence electrons. The van der Waals surface area contributed by atoms with Crippen LogP contribution in [0.15, 0.2) is 65.5 Å². The molecule has 23 heavy (non-hydrogen) atoms. The van der Waals surface area contributed by atoms with Crippen molar-refractivity contribution in [2.45, 2.75) is 25.0 Å². The van der Waals surface area contributed by atoms with E-state index < -0.39 is 6.29 Å². The third kappa shape index (κ3) is 2.48. The van der Waals surface area contributed by atoms with E-state index in [0.717, 1.165) is 28.7 Å². The average Bonchev–Trinajstić information content (AvgIpc) is 3.24. The van der Waals surface area contributed by atoms with Gasteiger partial charge < -0.3 is 15.3 Å². The predicted molar refractivity (Wildman–Crippen MR) is 90.5 cm³/mol. The lowest BCUT2D eigenvalue weighted by Crippen LogP contribution is -2.14. The monoisotopic (exact) mass is 306 g/mol. The molecule has 1 aromatic carbocycles. The SMILES string of the molecule is OC1=CC=C(C2=CCC(c3ccc4c(c3)C=CC4C(O)O)=C2)C1. The zero-order valence-corrected chi connectivity index (χ0v) is 12.6. The Balaban J connectivity index is 1.58. The van der Waals surface area contributed by atoms with Gasteiger partial charge in [0.1, 0.15) is 0 Å². The molecular weight excluding hydrogens is 288 g/mol. The maximum Gasteiger partial charge on any atom is 0.161 e. The molecule has 3 N–H and O–H groups in total. The quantitative estimate of drug-likeness (QED) is 0.748. The van der Waals surface area contributed by atoms with Crippen molar-refractivity contribution in [2.24, 2.45) is 0 Å². The molecule has 3 aliphatic carbocycles. The van der Waals surface area contributed by atoms with E-state index in [1.54, 1.807) is 6.08 Å².